The summed E-state index contributed by atoms with van der Waals surface area (Å²) in [5.41, 5.74) is 4.53. The minimum Gasteiger partial charge on any atom is -0.497 e. The number of H-pyrrole nitrogens is 1. The largest absolute Gasteiger partial charge is 0.497 e. The predicted molar refractivity (Wildman–Crippen MR) is 137 cm³/mol. The van der Waals surface area contributed by atoms with Gasteiger partial charge in [-0.1, -0.05) is 20.3 Å². The fourth-order valence-electron chi connectivity index (χ4n) is 4.50. The molecule has 0 aliphatic heterocycles. The first-order valence-corrected chi connectivity index (χ1v) is 11.8. The van der Waals surface area contributed by atoms with Gasteiger partial charge in [-0.3, -0.25) is 9.78 Å². The van der Waals surface area contributed by atoms with Gasteiger partial charge in [0, 0.05) is 34.1 Å². The van der Waals surface area contributed by atoms with Crippen LogP contribution in [-0.4, -0.2) is 31.3 Å². The fourth-order valence-corrected chi connectivity index (χ4v) is 4.50. The predicted octanol–water partition coefficient (Wildman–Crippen LogP) is 5.60. The number of benzene rings is 2. The van der Waals surface area contributed by atoms with E-state index in [4.69, 9.17) is 19.2 Å². The molecule has 0 aliphatic carbocycles. The number of unbranched alkanes of at least 4 members (excludes halogenated alkanes) is 1. The number of aryl methyl sites for hydroxylation is 2. The van der Waals surface area contributed by atoms with E-state index in [1.54, 1.807) is 21.3 Å². The number of aromatic amines is 1. The average molecular weight is 461 g/mol. The van der Waals surface area contributed by atoms with Crippen LogP contribution in [0.5, 0.6) is 17.2 Å². The summed E-state index contributed by atoms with van der Waals surface area (Å²) in [5.74, 6) is 2.04. The number of nitrogens with zero attached hydrogens (tertiary/aromatic N) is 1. The van der Waals surface area contributed by atoms with Gasteiger partial charge in [-0.2, -0.15) is 0 Å². The van der Waals surface area contributed by atoms with E-state index in [-0.39, 0.29) is 5.56 Å². The molecule has 0 radical (unpaired) electrons. The molecule has 34 heavy (non-hydrogen) atoms. The number of rotatable bonds is 9. The number of ether oxygens (including phenoxy) is 3. The van der Waals surface area contributed by atoms with Crippen LogP contribution in [0.4, 0.5) is 0 Å². The highest BCUT2D eigenvalue weighted by atomic mass is 16.5. The van der Waals surface area contributed by atoms with Crippen molar-refractivity contribution in [2.24, 2.45) is 0 Å². The summed E-state index contributed by atoms with van der Waals surface area (Å²) in [4.78, 5) is 21.4. The zero-order chi connectivity index (χ0) is 24.2. The third-order valence-electron chi connectivity index (χ3n) is 6.39. The highest BCUT2D eigenvalue weighted by Crippen LogP contribution is 2.35. The van der Waals surface area contributed by atoms with Gasteiger partial charge in [0.15, 0.2) is 11.5 Å². The van der Waals surface area contributed by atoms with Gasteiger partial charge in [-0.05, 0) is 66.6 Å². The van der Waals surface area contributed by atoms with E-state index in [2.05, 4.69) is 18.0 Å². The number of hydrogen-bond donors (Lipinski definition) is 1. The van der Waals surface area contributed by atoms with E-state index in [0.29, 0.717) is 29.9 Å². The van der Waals surface area contributed by atoms with Gasteiger partial charge in [-0.25, -0.2) is 0 Å². The monoisotopic (exact) mass is 460 g/mol. The Morgan fingerprint density at radius 2 is 1.65 bits per heavy atom. The van der Waals surface area contributed by atoms with Crippen LogP contribution in [0.2, 0.25) is 0 Å². The van der Waals surface area contributed by atoms with Crippen molar-refractivity contribution in [2.45, 2.75) is 46.0 Å². The third kappa shape index (κ3) is 4.45. The molecule has 0 aliphatic rings. The van der Waals surface area contributed by atoms with Gasteiger partial charge < -0.3 is 19.2 Å². The number of hydrogen-bond acceptors (Lipinski definition) is 5. The SMILES string of the molecule is CCCCc1nc2ccc(OC)cc2cc1Cc1c(=O)[nH]c(CC)c2cc(OC)c(OC)cc12. The second kappa shape index (κ2) is 10.2. The smallest absolute Gasteiger partial charge is 0.252 e. The molecule has 0 fully saturated rings. The first kappa shape index (κ1) is 23.6. The number of aromatic nitrogens is 2. The summed E-state index contributed by atoms with van der Waals surface area (Å²) in [6.07, 6.45) is 4.17. The first-order chi connectivity index (χ1) is 16.5. The lowest BCUT2D eigenvalue weighted by molar-refractivity contribution is 0.356. The van der Waals surface area contributed by atoms with Crippen molar-refractivity contribution >= 4 is 21.7 Å². The molecule has 0 spiro atoms. The van der Waals surface area contributed by atoms with Crippen LogP contribution in [0, 0.1) is 0 Å². The Hall–Kier alpha value is -3.54. The van der Waals surface area contributed by atoms with Gasteiger partial charge in [-0.15, -0.1) is 0 Å². The van der Waals surface area contributed by atoms with Crippen molar-refractivity contribution in [2.75, 3.05) is 21.3 Å². The molecule has 0 atom stereocenters. The molecule has 0 unspecified atom stereocenters. The Balaban J connectivity index is 1.93. The highest BCUT2D eigenvalue weighted by molar-refractivity contribution is 5.91. The van der Waals surface area contributed by atoms with Crippen molar-refractivity contribution in [3.05, 3.63) is 69.3 Å². The number of fused-ring (bicyclic) bond motifs is 2. The molecule has 2 aromatic heterocycles. The van der Waals surface area contributed by atoms with Crippen LogP contribution in [0.1, 0.15) is 49.2 Å². The van der Waals surface area contributed by atoms with E-state index < -0.39 is 0 Å². The van der Waals surface area contributed by atoms with Crippen molar-refractivity contribution < 1.29 is 14.2 Å². The lowest BCUT2D eigenvalue weighted by Gasteiger charge is -2.16. The summed E-state index contributed by atoms with van der Waals surface area (Å²) < 4.78 is 16.5. The normalized spacial score (nSPS) is 11.2. The topological polar surface area (TPSA) is 73.4 Å². The standard InChI is InChI=1S/C28H32N2O4/c1-6-8-9-24-18(12-17-13-19(32-3)10-11-25(17)29-24)14-22-20-15-26(33-4)27(34-5)16-21(20)23(7-2)30-28(22)31/h10-13,15-16H,6-9,14H2,1-5H3,(H,30,31). The number of methoxy groups -OCH3 is 3. The molecule has 0 bridgehead atoms. The van der Waals surface area contributed by atoms with Crippen LogP contribution in [0.25, 0.3) is 21.7 Å². The molecule has 0 saturated carbocycles. The van der Waals surface area contributed by atoms with Crippen LogP contribution in [-0.2, 0) is 19.3 Å². The first-order valence-electron chi connectivity index (χ1n) is 11.8. The Morgan fingerprint density at radius 3 is 2.29 bits per heavy atom. The summed E-state index contributed by atoms with van der Waals surface area (Å²) >= 11 is 0. The summed E-state index contributed by atoms with van der Waals surface area (Å²) in [5, 5.41) is 2.85. The molecule has 4 rings (SSSR count). The Labute approximate surface area is 199 Å². The Morgan fingerprint density at radius 1 is 0.912 bits per heavy atom. The maximum atomic E-state index is 13.3. The molecule has 4 aromatic rings. The Bertz CT molecular complexity index is 1390. The van der Waals surface area contributed by atoms with Gasteiger partial charge >= 0.3 is 0 Å². The molecule has 2 heterocycles. The van der Waals surface area contributed by atoms with E-state index in [1.807, 2.05) is 37.3 Å². The number of pyridine rings is 2. The maximum Gasteiger partial charge on any atom is 0.252 e. The van der Waals surface area contributed by atoms with Gasteiger partial charge in [0.1, 0.15) is 5.75 Å². The zero-order valence-corrected chi connectivity index (χ0v) is 20.6. The van der Waals surface area contributed by atoms with E-state index in [0.717, 1.165) is 63.6 Å². The van der Waals surface area contributed by atoms with Crippen LogP contribution < -0.4 is 19.8 Å². The lowest BCUT2D eigenvalue weighted by Crippen LogP contribution is -2.17. The van der Waals surface area contributed by atoms with E-state index >= 15 is 0 Å². The molecule has 6 nitrogen and oxygen atoms in total. The second-order valence-corrected chi connectivity index (χ2v) is 8.45. The van der Waals surface area contributed by atoms with Crippen LogP contribution >= 0.6 is 0 Å². The van der Waals surface area contributed by atoms with Crippen molar-refractivity contribution in [3.8, 4) is 17.2 Å². The molecular weight excluding hydrogens is 428 g/mol. The second-order valence-electron chi connectivity index (χ2n) is 8.45. The highest BCUT2D eigenvalue weighted by Gasteiger charge is 2.17. The molecule has 1 N–H and O–H groups in total. The van der Waals surface area contributed by atoms with Crippen molar-refractivity contribution in [1.82, 2.24) is 9.97 Å². The summed E-state index contributed by atoms with van der Waals surface area (Å²) in [7, 11) is 4.89. The van der Waals surface area contributed by atoms with Gasteiger partial charge in [0.05, 0.1) is 26.8 Å². The third-order valence-corrected chi connectivity index (χ3v) is 6.39. The molecule has 2 aromatic carbocycles. The quantitative estimate of drug-likeness (QED) is 0.352. The van der Waals surface area contributed by atoms with Crippen molar-refractivity contribution in [1.29, 1.82) is 0 Å². The fraction of sp³-hybridized carbons (Fsp3) is 0.357. The van der Waals surface area contributed by atoms with E-state index in [9.17, 15) is 4.79 Å². The van der Waals surface area contributed by atoms with Crippen LogP contribution in [0.3, 0.4) is 0 Å². The van der Waals surface area contributed by atoms with Gasteiger partial charge in [0.25, 0.3) is 5.56 Å². The summed E-state index contributed by atoms with van der Waals surface area (Å²) in [6, 6.07) is 11.9. The molecule has 0 amide bonds. The Kier molecular flexibility index (Phi) is 7.06. The minimum absolute atomic E-state index is 0.0799. The van der Waals surface area contributed by atoms with Gasteiger partial charge in [0.2, 0.25) is 0 Å². The average Bonchev–Trinajstić information content (AvgIpc) is 2.87. The van der Waals surface area contributed by atoms with E-state index in [1.165, 1.54) is 0 Å². The minimum atomic E-state index is -0.0799. The molecular formula is C28H32N2O4. The van der Waals surface area contributed by atoms with Crippen molar-refractivity contribution in [3.63, 3.8) is 0 Å². The maximum absolute atomic E-state index is 13.3. The molecule has 6 heteroatoms. The molecule has 0 saturated heterocycles. The zero-order valence-electron chi connectivity index (χ0n) is 20.6. The lowest BCUT2D eigenvalue weighted by atomic mass is 9.95. The molecule has 178 valence electrons. The van der Waals surface area contributed by atoms with Crippen LogP contribution in [0.15, 0.2) is 41.2 Å². The number of nitrogens with one attached hydrogen (secondary N) is 1. The summed E-state index contributed by atoms with van der Waals surface area (Å²) in [6.45, 7) is 4.21.